The largest absolute Gasteiger partial charge is 0.492 e. The first kappa shape index (κ1) is 19.8. The Morgan fingerprint density at radius 3 is 2.52 bits per heavy atom. The molecule has 1 aliphatic heterocycles. The Labute approximate surface area is 178 Å². The van der Waals surface area contributed by atoms with E-state index in [2.05, 4.69) is 15.3 Å². The minimum atomic E-state index is -0.121. The van der Waals surface area contributed by atoms with E-state index in [1.54, 1.807) is 11.0 Å². The third-order valence-electron chi connectivity index (χ3n) is 5.31. The summed E-state index contributed by atoms with van der Waals surface area (Å²) >= 11 is 12.8. The van der Waals surface area contributed by atoms with Crippen LogP contribution in [0.4, 0.5) is 10.7 Å². The summed E-state index contributed by atoms with van der Waals surface area (Å²) in [6.45, 7) is 0.687. The number of methoxy groups -OCH3 is 2. The second kappa shape index (κ2) is 7.76. The van der Waals surface area contributed by atoms with E-state index in [0.29, 0.717) is 51.6 Å². The number of hydrogen-bond acceptors (Lipinski definition) is 6. The molecule has 1 saturated carbocycles. The van der Waals surface area contributed by atoms with E-state index >= 15 is 0 Å². The Hall–Kier alpha value is -2.45. The summed E-state index contributed by atoms with van der Waals surface area (Å²) in [4.78, 5) is 23.1. The van der Waals surface area contributed by atoms with Gasteiger partial charge in [-0.2, -0.15) is 0 Å². The summed E-state index contributed by atoms with van der Waals surface area (Å²) in [6, 6.07) is 1.70. The fourth-order valence-electron chi connectivity index (χ4n) is 3.63. The van der Waals surface area contributed by atoms with Gasteiger partial charge in [-0.3, -0.25) is 0 Å². The van der Waals surface area contributed by atoms with E-state index in [1.807, 2.05) is 0 Å². The number of carbonyl (C=O) groups excluding carboxylic acids is 1. The minimum absolute atomic E-state index is 0.0898. The van der Waals surface area contributed by atoms with Crippen LogP contribution < -0.4 is 20.5 Å². The first-order chi connectivity index (χ1) is 13.9. The molecule has 2 aromatic rings. The topological polar surface area (TPSA) is 103 Å². The second-order valence-electron chi connectivity index (χ2n) is 7.07. The van der Waals surface area contributed by atoms with E-state index < -0.39 is 0 Å². The molecule has 0 spiro atoms. The van der Waals surface area contributed by atoms with Crippen molar-refractivity contribution in [1.29, 1.82) is 0 Å². The van der Waals surface area contributed by atoms with Gasteiger partial charge in [-0.05, 0) is 25.3 Å². The van der Waals surface area contributed by atoms with Crippen LogP contribution in [0.5, 0.6) is 11.5 Å². The molecule has 2 heterocycles. The molecule has 3 N–H and O–H groups in total. The van der Waals surface area contributed by atoms with Gasteiger partial charge in [0.1, 0.15) is 0 Å². The van der Waals surface area contributed by atoms with Crippen LogP contribution >= 0.6 is 23.2 Å². The maximum atomic E-state index is 12.6. The zero-order valence-electron chi connectivity index (χ0n) is 16.1. The summed E-state index contributed by atoms with van der Waals surface area (Å²) in [5, 5.41) is 3.70. The Balaban J connectivity index is 1.76. The maximum Gasteiger partial charge on any atom is 0.318 e. The van der Waals surface area contributed by atoms with Crippen LogP contribution in [0.25, 0.3) is 11.3 Å². The van der Waals surface area contributed by atoms with E-state index in [9.17, 15) is 4.79 Å². The fourth-order valence-corrected chi connectivity index (χ4v) is 4.24. The molecule has 1 aromatic carbocycles. The number of amides is 2. The highest BCUT2D eigenvalue weighted by molar-refractivity contribution is 6.38. The Kier molecular flexibility index (Phi) is 5.31. The quantitative estimate of drug-likeness (QED) is 0.756. The summed E-state index contributed by atoms with van der Waals surface area (Å²) in [5.41, 5.74) is 8.42. The monoisotopic (exact) mass is 437 g/mol. The number of hydrogen-bond donors (Lipinski definition) is 2. The molecule has 1 aromatic heterocycles. The second-order valence-corrected chi connectivity index (χ2v) is 7.89. The number of halogens is 2. The average Bonchev–Trinajstić information content (AvgIpc) is 3.07. The lowest BCUT2D eigenvalue weighted by molar-refractivity contribution is 0.186. The van der Waals surface area contributed by atoms with Gasteiger partial charge >= 0.3 is 6.03 Å². The van der Waals surface area contributed by atoms with Crippen molar-refractivity contribution in [1.82, 2.24) is 20.2 Å². The number of nitrogen functional groups attached to an aromatic ring is 1. The van der Waals surface area contributed by atoms with Crippen LogP contribution in [-0.2, 0) is 13.1 Å². The van der Waals surface area contributed by atoms with Crippen molar-refractivity contribution in [2.75, 3.05) is 20.0 Å². The normalized spacial score (nSPS) is 15.7. The van der Waals surface area contributed by atoms with Gasteiger partial charge in [0.05, 0.1) is 54.3 Å². The summed E-state index contributed by atoms with van der Waals surface area (Å²) < 4.78 is 10.9. The lowest BCUT2D eigenvalue weighted by atomic mass is 9.93. The Bertz CT molecular complexity index is 981. The number of nitrogens with two attached hydrogens (primary N) is 1. The number of urea groups is 1. The van der Waals surface area contributed by atoms with E-state index in [-0.39, 0.29) is 18.0 Å². The van der Waals surface area contributed by atoms with Gasteiger partial charge < -0.3 is 25.4 Å². The summed E-state index contributed by atoms with van der Waals surface area (Å²) in [6.07, 6.45) is 3.18. The van der Waals surface area contributed by atoms with Crippen LogP contribution in [0, 0.1) is 0 Å². The third kappa shape index (κ3) is 3.51. The molecular formula is C19H21Cl2N5O3. The molecule has 29 heavy (non-hydrogen) atoms. The third-order valence-corrected chi connectivity index (χ3v) is 5.89. The van der Waals surface area contributed by atoms with Crippen molar-refractivity contribution in [3.63, 3.8) is 0 Å². The van der Waals surface area contributed by atoms with Crippen LogP contribution in [0.15, 0.2) is 6.07 Å². The lowest BCUT2D eigenvalue weighted by Gasteiger charge is -2.28. The molecular weight excluding hydrogens is 417 g/mol. The van der Waals surface area contributed by atoms with Crippen LogP contribution in [0.3, 0.4) is 0 Å². The molecule has 2 amide bonds. The van der Waals surface area contributed by atoms with Gasteiger partial charge in [0.15, 0.2) is 11.5 Å². The average molecular weight is 438 g/mol. The number of rotatable bonds is 4. The minimum Gasteiger partial charge on any atom is -0.492 e. The highest BCUT2D eigenvalue weighted by Crippen LogP contribution is 2.48. The van der Waals surface area contributed by atoms with E-state index in [4.69, 9.17) is 38.4 Å². The standard InChI is InChI=1S/C19H21Cl2N5O3/c1-28-16-12(21)6-11(20)14(17(16)29-2)15-10-7-26(8-13(10)24-18(22)25-15)19(27)23-9-4-3-5-9/h6,9H,3-5,7-8H2,1-2H3,(H,23,27)(H2,22,24,25). The van der Waals surface area contributed by atoms with Crippen molar-refractivity contribution in [3.8, 4) is 22.8 Å². The van der Waals surface area contributed by atoms with Crippen LogP contribution in [-0.4, -0.2) is 41.2 Å². The lowest BCUT2D eigenvalue weighted by Crippen LogP contribution is -2.45. The number of ether oxygens (including phenoxy) is 2. The van der Waals surface area contributed by atoms with Gasteiger partial charge in [0.2, 0.25) is 5.95 Å². The molecule has 10 heteroatoms. The van der Waals surface area contributed by atoms with Crippen LogP contribution in [0.2, 0.25) is 10.0 Å². The van der Waals surface area contributed by atoms with E-state index in [1.165, 1.54) is 14.2 Å². The number of anilines is 1. The molecule has 8 nitrogen and oxygen atoms in total. The first-order valence-corrected chi connectivity index (χ1v) is 9.99. The first-order valence-electron chi connectivity index (χ1n) is 9.24. The van der Waals surface area contributed by atoms with Crippen molar-refractivity contribution in [2.24, 2.45) is 0 Å². The number of nitrogens with zero attached hydrogens (tertiary/aromatic N) is 3. The molecule has 0 unspecified atom stereocenters. The van der Waals surface area contributed by atoms with Gasteiger partial charge in [-0.25, -0.2) is 14.8 Å². The van der Waals surface area contributed by atoms with Gasteiger partial charge in [0.25, 0.3) is 0 Å². The molecule has 154 valence electrons. The Morgan fingerprint density at radius 1 is 1.17 bits per heavy atom. The highest BCUT2D eigenvalue weighted by atomic mass is 35.5. The number of fused-ring (bicyclic) bond motifs is 1. The highest BCUT2D eigenvalue weighted by Gasteiger charge is 2.33. The zero-order valence-corrected chi connectivity index (χ0v) is 17.6. The summed E-state index contributed by atoms with van der Waals surface area (Å²) in [5.74, 6) is 0.784. The van der Waals surface area contributed by atoms with Gasteiger partial charge in [-0.1, -0.05) is 23.2 Å². The Morgan fingerprint density at radius 2 is 1.90 bits per heavy atom. The zero-order chi connectivity index (χ0) is 20.7. The molecule has 1 fully saturated rings. The summed E-state index contributed by atoms with van der Waals surface area (Å²) in [7, 11) is 2.99. The molecule has 0 saturated heterocycles. The van der Waals surface area contributed by atoms with Crippen LogP contribution in [0.1, 0.15) is 30.5 Å². The molecule has 0 atom stereocenters. The van der Waals surface area contributed by atoms with Gasteiger partial charge in [-0.15, -0.1) is 0 Å². The van der Waals surface area contributed by atoms with Gasteiger partial charge in [0, 0.05) is 11.6 Å². The smallest absolute Gasteiger partial charge is 0.318 e. The molecule has 2 aliphatic rings. The number of aromatic nitrogens is 2. The number of carbonyl (C=O) groups is 1. The van der Waals surface area contributed by atoms with E-state index in [0.717, 1.165) is 24.8 Å². The predicted molar refractivity (Wildman–Crippen MR) is 110 cm³/mol. The van der Waals surface area contributed by atoms with Crippen molar-refractivity contribution in [3.05, 3.63) is 27.4 Å². The fraction of sp³-hybridized carbons (Fsp3) is 0.421. The number of nitrogens with one attached hydrogen (secondary N) is 1. The van der Waals surface area contributed by atoms with Crippen molar-refractivity contribution >= 4 is 35.2 Å². The molecule has 0 bridgehead atoms. The maximum absolute atomic E-state index is 12.6. The van der Waals surface area contributed by atoms with Crippen molar-refractivity contribution in [2.45, 2.75) is 38.4 Å². The number of benzene rings is 1. The van der Waals surface area contributed by atoms with Crippen molar-refractivity contribution < 1.29 is 14.3 Å². The molecule has 1 aliphatic carbocycles. The molecule has 0 radical (unpaired) electrons. The SMILES string of the molecule is COc1c(Cl)cc(Cl)c(-c2nc(N)nc3c2CN(C(=O)NC2CCC2)C3)c1OC. The predicted octanol–water partition coefficient (Wildman–Crippen LogP) is 3.63. The molecule has 4 rings (SSSR count).